The molecule has 0 spiro atoms. The molecule has 8 heteroatoms. The van der Waals surface area contributed by atoms with E-state index in [9.17, 15) is 9.59 Å². The third-order valence-corrected chi connectivity index (χ3v) is 10.8. The molecule has 2 aromatic rings. The van der Waals surface area contributed by atoms with Crippen LogP contribution in [0.4, 0.5) is 32.3 Å². The summed E-state index contributed by atoms with van der Waals surface area (Å²) in [5, 5.41) is 6.39. The first-order valence-electron chi connectivity index (χ1n) is 20.9. The van der Waals surface area contributed by atoms with Crippen molar-refractivity contribution in [2.24, 2.45) is 11.8 Å². The van der Waals surface area contributed by atoms with Gasteiger partial charge >= 0.3 is 12.1 Å². The molecule has 8 nitrogen and oxygen atoms in total. The number of unbranched alkanes of at least 4 members (excludes halogenated alkanes) is 12. The number of hydrogen-bond donors (Lipinski definition) is 2. The van der Waals surface area contributed by atoms with E-state index in [0.717, 1.165) is 87.5 Å². The van der Waals surface area contributed by atoms with Gasteiger partial charge in [-0.25, -0.2) is 9.59 Å². The average Bonchev–Trinajstić information content (AvgIpc) is 3.14. The van der Waals surface area contributed by atoms with Crippen LogP contribution < -0.4 is 20.4 Å². The van der Waals surface area contributed by atoms with E-state index < -0.39 is 0 Å². The maximum absolute atomic E-state index is 13.6. The first kappa shape index (κ1) is 43.0. The number of rotatable bonds is 24. The molecule has 0 atom stereocenters. The van der Waals surface area contributed by atoms with E-state index in [4.69, 9.17) is 0 Å². The van der Waals surface area contributed by atoms with E-state index in [-0.39, 0.29) is 12.1 Å². The van der Waals surface area contributed by atoms with Crippen molar-refractivity contribution in [3.05, 3.63) is 48.5 Å². The van der Waals surface area contributed by atoms with Gasteiger partial charge in [0.05, 0.1) is 0 Å². The Morgan fingerprint density at radius 2 is 0.808 bits per heavy atom. The summed E-state index contributed by atoms with van der Waals surface area (Å²) in [6, 6.07) is 16.2. The second kappa shape index (κ2) is 24.8. The molecule has 1 aliphatic carbocycles. The quantitative estimate of drug-likeness (QED) is 0.106. The minimum atomic E-state index is 0.0156. The fraction of sp³-hybridized carbons (Fsp3) is 0.682. The van der Waals surface area contributed by atoms with Crippen LogP contribution in [-0.4, -0.2) is 76.2 Å². The van der Waals surface area contributed by atoms with Crippen molar-refractivity contribution >= 4 is 34.8 Å². The lowest BCUT2D eigenvalue weighted by atomic mass is 9.81. The van der Waals surface area contributed by atoms with Crippen LogP contribution in [0, 0.1) is 11.8 Å². The van der Waals surface area contributed by atoms with Crippen LogP contribution in [0.1, 0.15) is 129 Å². The Balaban J connectivity index is 1.56. The number of carbonyl (C=O) groups is 2. The molecule has 0 aliphatic heterocycles. The lowest BCUT2D eigenvalue weighted by Gasteiger charge is -2.35. The zero-order chi connectivity index (χ0) is 37.6. The molecule has 3 rings (SSSR count). The maximum atomic E-state index is 13.6. The van der Waals surface area contributed by atoms with E-state index >= 15 is 0 Å². The minimum absolute atomic E-state index is 0.0156. The largest absolute Gasteiger partial charge is 0.378 e. The van der Waals surface area contributed by atoms with Gasteiger partial charge in [-0.15, -0.1) is 0 Å². The lowest BCUT2D eigenvalue weighted by Crippen LogP contribution is -2.42. The van der Waals surface area contributed by atoms with Gasteiger partial charge in [0.2, 0.25) is 0 Å². The summed E-state index contributed by atoms with van der Waals surface area (Å²) < 4.78 is 0. The van der Waals surface area contributed by atoms with E-state index in [1.54, 1.807) is 0 Å². The number of carbonyl (C=O) groups excluding carboxylic acids is 2. The van der Waals surface area contributed by atoms with Gasteiger partial charge in [0.1, 0.15) is 0 Å². The van der Waals surface area contributed by atoms with Gasteiger partial charge in [-0.3, -0.25) is 0 Å². The van der Waals surface area contributed by atoms with Crippen molar-refractivity contribution in [1.82, 2.24) is 9.80 Å². The van der Waals surface area contributed by atoms with Gasteiger partial charge in [-0.05, 0) is 98.9 Å². The number of amides is 4. The van der Waals surface area contributed by atoms with Crippen LogP contribution >= 0.6 is 0 Å². The molecule has 0 saturated heterocycles. The molecular weight excluding hydrogens is 645 g/mol. The molecule has 2 aromatic carbocycles. The predicted molar refractivity (Wildman–Crippen MR) is 224 cm³/mol. The zero-order valence-electron chi connectivity index (χ0n) is 33.9. The average molecular weight is 719 g/mol. The van der Waals surface area contributed by atoms with Crippen LogP contribution in [0.3, 0.4) is 0 Å². The predicted octanol–water partition coefficient (Wildman–Crippen LogP) is 11.5. The van der Waals surface area contributed by atoms with Gasteiger partial charge in [0.15, 0.2) is 0 Å². The summed E-state index contributed by atoms with van der Waals surface area (Å²) in [6.07, 6.45) is 21.7. The molecule has 4 amide bonds. The molecule has 0 aromatic heterocycles. The number of benzene rings is 2. The molecule has 0 heterocycles. The summed E-state index contributed by atoms with van der Waals surface area (Å²) in [5.74, 6) is 0.978. The molecule has 2 N–H and O–H groups in total. The highest BCUT2D eigenvalue weighted by atomic mass is 16.2. The Labute approximate surface area is 318 Å². The van der Waals surface area contributed by atoms with E-state index in [1.807, 2.05) is 52.5 Å². The Morgan fingerprint density at radius 3 is 1.12 bits per heavy atom. The standard InChI is InChI=1S/C44H74N6O2/c1-7-9-11-13-15-17-19-33-49(43(51)45-39-25-29-41(30-26-39)47(3)4)35-37-21-23-38(24-22-37)36-50(34-20-18-16-14-12-10-8-2)44(52)46-40-27-31-42(32-28-40)48(5)6/h25-32,37-38H,7-24,33-36H2,1-6H3,(H,45,51)(H,46,52)/t37-,38-. The molecule has 0 radical (unpaired) electrons. The van der Waals surface area contributed by atoms with Crippen LogP contribution in [0.5, 0.6) is 0 Å². The second-order valence-electron chi connectivity index (χ2n) is 15.8. The lowest BCUT2D eigenvalue weighted by molar-refractivity contribution is 0.159. The highest BCUT2D eigenvalue weighted by Crippen LogP contribution is 2.31. The molecule has 1 saturated carbocycles. The topological polar surface area (TPSA) is 71.2 Å². The summed E-state index contributed by atoms with van der Waals surface area (Å²) in [5.41, 5.74) is 3.92. The Bertz CT molecular complexity index is 1140. The van der Waals surface area contributed by atoms with Crippen molar-refractivity contribution in [2.75, 3.05) is 74.8 Å². The van der Waals surface area contributed by atoms with Crippen LogP contribution in [0.15, 0.2) is 48.5 Å². The molecule has 1 fully saturated rings. The van der Waals surface area contributed by atoms with Gasteiger partial charge in [-0.1, -0.05) is 90.9 Å². The first-order chi connectivity index (χ1) is 25.2. The smallest absolute Gasteiger partial charge is 0.321 e. The SMILES string of the molecule is CCCCCCCCCN(C[C@H]1CC[C@H](CN(CCCCCCCCC)C(=O)Nc2ccc(N(C)C)cc2)CC1)C(=O)Nc1ccc(N(C)C)cc1. The van der Waals surface area contributed by atoms with Gasteiger partial charge in [0.25, 0.3) is 0 Å². The number of nitrogens with one attached hydrogen (secondary N) is 2. The van der Waals surface area contributed by atoms with Crippen molar-refractivity contribution < 1.29 is 9.59 Å². The number of hydrogen-bond acceptors (Lipinski definition) is 4. The van der Waals surface area contributed by atoms with E-state index in [2.05, 4.69) is 68.3 Å². The first-order valence-corrected chi connectivity index (χ1v) is 20.9. The number of urea groups is 2. The molecule has 0 bridgehead atoms. The van der Waals surface area contributed by atoms with E-state index in [1.165, 1.54) is 77.0 Å². The molecular formula is C44H74N6O2. The summed E-state index contributed by atoms with van der Waals surface area (Å²) in [4.78, 5) is 35.6. The molecule has 1 aliphatic rings. The Morgan fingerprint density at radius 1 is 0.500 bits per heavy atom. The van der Waals surface area contributed by atoms with Crippen molar-refractivity contribution in [3.63, 3.8) is 0 Å². The fourth-order valence-electron chi connectivity index (χ4n) is 7.38. The van der Waals surface area contributed by atoms with Gasteiger partial charge in [0, 0.05) is 77.1 Å². The van der Waals surface area contributed by atoms with Crippen LogP contribution in [0.25, 0.3) is 0 Å². The van der Waals surface area contributed by atoms with E-state index in [0.29, 0.717) is 11.8 Å². The minimum Gasteiger partial charge on any atom is -0.378 e. The number of nitrogens with zero attached hydrogens (tertiary/aromatic N) is 4. The van der Waals surface area contributed by atoms with Crippen LogP contribution in [-0.2, 0) is 0 Å². The van der Waals surface area contributed by atoms with Gasteiger partial charge < -0.3 is 30.2 Å². The summed E-state index contributed by atoms with van der Waals surface area (Å²) in [6.45, 7) is 7.72. The maximum Gasteiger partial charge on any atom is 0.321 e. The Kier molecular flexibility index (Phi) is 20.5. The fourth-order valence-corrected chi connectivity index (χ4v) is 7.38. The molecule has 0 unspecified atom stereocenters. The van der Waals surface area contributed by atoms with Crippen molar-refractivity contribution in [3.8, 4) is 0 Å². The highest BCUT2D eigenvalue weighted by Gasteiger charge is 2.27. The van der Waals surface area contributed by atoms with Crippen LogP contribution in [0.2, 0.25) is 0 Å². The molecule has 52 heavy (non-hydrogen) atoms. The van der Waals surface area contributed by atoms with Crippen molar-refractivity contribution in [2.45, 2.75) is 129 Å². The normalized spacial score (nSPS) is 15.6. The van der Waals surface area contributed by atoms with Gasteiger partial charge in [-0.2, -0.15) is 0 Å². The molecule has 292 valence electrons. The number of anilines is 4. The van der Waals surface area contributed by atoms with Crippen molar-refractivity contribution in [1.29, 1.82) is 0 Å². The summed E-state index contributed by atoms with van der Waals surface area (Å²) >= 11 is 0. The third-order valence-electron chi connectivity index (χ3n) is 10.8. The highest BCUT2D eigenvalue weighted by molar-refractivity contribution is 5.90. The Hall–Kier alpha value is -3.42. The zero-order valence-corrected chi connectivity index (χ0v) is 33.9. The summed E-state index contributed by atoms with van der Waals surface area (Å²) in [7, 11) is 8.11. The second-order valence-corrected chi connectivity index (χ2v) is 15.8. The monoisotopic (exact) mass is 719 g/mol. The third kappa shape index (κ3) is 16.5.